The van der Waals surface area contributed by atoms with Gasteiger partial charge in [-0.2, -0.15) is 0 Å². The van der Waals surface area contributed by atoms with E-state index in [1.165, 1.54) is 0 Å². The normalized spacial score (nSPS) is 11.4. The molecule has 0 aliphatic rings. The molecule has 0 fully saturated rings. The topological polar surface area (TPSA) is 340 Å². The SMILES string of the molecule is CCCOC(OCCC)(OCCC)C(=O)CC(=O)[O-].CCCOC(OCCC)(OCCC)C(=O)CC(=O)[O-].CCCOC(OCCC)(OCCC)C(=O)CC(=O)[O-].CCCOC(OCCC)(OCCC)C(=O)CC(=O)[O-].[Ti+4]. The minimum atomic E-state index is -1.91. The molecule has 25 heteroatoms. The number of hydrogen-bond acceptors (Lipinski definition) is 24. The van der Waals surface area contributed by atoms with Gasteiger partial charge in [-0.25, -0.2) is 0 Å². The van der Waals surface area contributed by atoms with Crippen LogP contribution < -0.4 is 20.4 Å². The third-order valence-corrected chi connectivity index (χ3v) is 8.54. The molecule has 0 aromatic rings. The number of aliphatic carboxylic acids is 4. The summed E-state index contributed by atoms with van der Waals surface area (Å²) in [7, 11) is 0. The van der Waals surface area contributed by atoms with Crippen LogP contribution in [-0.4, -0.2) is 150 Å². The van der Waals surface area contributed by atoms with Gasteiger partial charge in [0.1, 0.15) is 0 Å². The van der Waals surface area contributed by atoms with Crippen LogP contribution in [0.1, 0.15) is 186 Å². The van der Waals surface area contributed by atoms with Crippen LogP contribution in [0.3, 0.4) is 0 Å². The molecule has 0 bridgehead atoms. The summed E-state index contributed by atoms with van der Waals surface area (Å²) in [5.41, 5.74) is 0. The number of carbonyl (C=O) groups excluding carboxylic acids is 8. The molecule has 0 aliphatic carbocycles. The van der Waals surface area contributed by atoms with E-state index in [-0.39, 0.29) is 101 Å². The molecule has 0 aromatic heterocycles. The number of Topliss-reactive ketones (excluding diaryl/α,β-unsaturated/α-hetero) is 4. The largest absolute Gasteiger partial charge is 4.00 e. The molecule has 0 spiro atoms. The van der Waals surface area contributed by atoms with Crippen molar-refractivity contribution in [2.24, 2.45) is 0 Å². The van der Waals surface area contributed by atoms with Crippen LogP contribution in [0.5, 0.6) is 0 Å². The standard InChI is InChI=1S/4C13H24O6.Ti/c4*1-4-7-17-13(18-8-5-2,19-9-6-3)11(14)10-12(15)16;/h4*4-10H2,1-3H3,(H,15,16);/q;;;;+4/p-4. The Kier molecular flexibility index (Phi) is 56.0. The Hall–Kier alpha value is -3.21. The molecular formula is C52H92O24Ti. The smallest absolute Gasteiger partial charge is 0.550 e. The van der Waals surface area contributed by atoms with Crippen molar-refractivity contribution in [1.82, 2.24) is 0 Å². The van der Waals surface area contributed by atoms with E-state index in [0.29, 0.717) is 77.0 Å². The first-order valence-corrected chi connectivity index (χ1v) is 26.7. The quantitative estimate of drug-likeness (QED) is 0.0480. The zero-order valence-electron chi connectivity index (χ0n) is 48.1. The summed E-state index contributed by atoms with van der Waals surface area (Å²) in [6.07, 6.45) is 4.72. The first-order valence-electron chi connectivity index (χ1n) is 26.7. The molecule has 0 saturated carbocycles. The summed E-state index contributed by atoms with van der Waals surface area (Å²) in [6.45, 7) is 25.3. The van der Waals surface area contributed by atoms with Gasteiger partial charge in [-0.05, 0) is 77.0 Å². The Labute approximate surface area is 471 Å². The minimum absolute atomic E-state index is 0. The van der Waals surface area contributed by atoms with Crippen molar-refractivity contribution in [3.8, 4) is 0 Å². The molecule has 77 heavy (non-hydrogen) atoms. The van der Waals surface area contributed by atoms with Crippen molar-refractivity contribution in [1.29, 1.82) is 0 Å². The van der Waals surface area contributed by atoms with Gasteiger partial charge in [-0.1, -0.05) is 83.1 Å². The van der Waals surface area contributed by atoms with E-state index in [9.17, 15) is 58.8 Å². The molecule has 0 heterocycles. The van der Waals surface area contributed by atoms with Gasteiger partial charge >= 0.3 is 45.6 Å². The number of ketones is 4. The average Bonchev–Trinajstić information content (AvgIpc) is 3.37. The molecule has 0 rings (SSSR count). The summed E-state index contributed by atoms with van der Waals surface area (Å²) in [4.78, 5) is 90.3. The van der Waals surface area contributed by atoms with Crippen molar-refractivity contribution in [3.05, 3.63) is 0 Å². The Morgan fingerprint density at radius 2 is 0.325 bits per heavy atom. The van der Waals surface area contributed by atoms with Gasteiger partial charge in [0, 0.05) is 23.9 Å². The monoisotopic (exact) mass is 1150 g/mol. The molecule has 0 radical (unpaired) electrons. The van der Waals surface area contributed by atoms with Crippen molar-refractivity contribution in [2.45, 2.75) is 210 Å². The maximum absolute atomic E-state index is 12.0. The van der Waals surface area contributed by atoms with Crippen molar-refractivity contribution in [3.63, 3.8) is 0 Å². The molecule has 0 saturated heterocycles. The first kappa shape index (κ1) is 82.6. The molecule has 24 nitrogen and oxygen atoms in total. The van der Waals surface area contributed by atoms with Crippen LogP contribution in [0.4, 0.5) is 0 Å². The number of ether oxygens (including phenoxy) is 12. The van der Waals surface area contributed by atoms with E-state index in [2.05, 4.69) is 0 Å². The van der Waals surface area contributed by atoms with Crippen LogP contribution in [0.25, 0.3) is 0 Å². The average molecular weight is 1150 g/mol. The van der Waals surface area contributed by atoms with Gasteiger partial charge in [0.05, 0.1) is 105 Å². The summed E-state index contributed by atoms with van der Waals surface area (Å²) >= 11 is 0. The van der Waals surface area contributed by atoms with Crippen molar-refractivity contribution >= 4 is 47.0 Å². The van der Waals surface area contributed by atoms with Gasteiger partial charge in [0.2, 0.25) is 23.1 Å². The van der Waals surface area contributed by atoms with E-state index >= 15 is 0 Å². The maximum atomic E-state index is 12.0. The van der Waals surface area contributed by atoms with Crippen LogP contribution in [0.2, 0.25) is 0 Å². The third-order valence-electron chi connectivity index (χ3n) is 8.54. The molecule has 0 amide bonds. The summed E-state index contributed by atoms with van der Waals surface area (Å²) in [6, 6.07) is 0. The van der Waals surface area contributed by atoms with E-state index < -0.39 is 96.6 Å². The third kappa shape index (κ3) is 38.9. The van der Waals surface area contributed by atoms with E-state index in [1.807, 2.05) is 83.1 Å². The fourth-order valence-corrected chi connectivity index (χ4v) is 5.26. The molecular weight excluding hydrogens is 1060 g/mol. The number of carboxylic acids is 4. The van der Waals surface area contributed by atoms with Gasteiger partial charge in [0.25, 0.3) is 0 Å². The zero-order valence-corrected chi connectivity index (χ0v) is 49.7. The van der Waals surface area contributed by atoms with Crippen molar-refractivity contribution in [2.75, 3.05) is 79.3 Å². The maximum Gasteiger partial charge on any atom is 4.00 e. The Morgan fingerprint density at radius 3 is 0.390 bits per heavy atom. The molecule has 0 aromatic carbocycles. The van der Waals surface area contributed by atoms with E-state index in [1.54, 1.807) is 0 Å². The first-order chi connectivity index (χ1) is 36.1. The molecule has 0 N–H and O–H groups in total. The molecule has 0 atom stereocenters. The second kappa shape index (κ2) is 52.2. The van der Waals surface area contributed by atoms with Crippen LogP contribution in [-0.2, 0) is 117 Å². The molecule has 0 unspecified atom stereocenters. The fraction of sp³-hybridized carbons (Fsp3) is 0.846. The number of carbonyl (C=O) groups is 8. The second-order valence-corrected chi connectivity index (χ2v) is 16.3. The molecule has 0 aliphatic heterocycles. The minimum Gasteiger partial charge on any atom is -0.550 e. The van der Waals surface area contributed by atoms with Gasteiger partial charge in [-0.15, -0.1) is 0 Å². The Balaban J connectivity index is -0.000000298. The van der Waals surface area contributed by atoms with Crippen LogP contribution >= 0.6 is 0 Å². The van der Waals surface area contributed by atoms with Crippen LogP contribution in [0.15, 0.2) is 0 Å². The fourth-order valence-electron chi connectivity index (χ4n) is 5.26. The predicted octanol–water partition coefficient (Wildman–Crippen LogP) is 2.51. The van der Waals surface area contributed by atoms with E-state index in [0.717, 1.165) is 0 Å². The summed E-state index contributed by atoms with van der Waals surface area (Å²) < 4.78 is 64.3. The zero-order chi connectivity index (χ0) is 58.9. The number of rotatable bonds is 48. The Bertz CT molecular complexity index is 1250. The van der Waals surface area contributed by atoms with Gasteiger partial charge in [-0.3, -0.25) is 19.2 Å². The summed E-state index contributed by atoms with van der Waals surface area (Å²) in [5, 5.41) is 42.3. The van der Waals surface area contributed by atoms with E-state index in [4.69, 9.17) is 56.8 Å². The second-order valence-electron chi connectivity index (χ2n) is 16.3. The van der Waals surface area contributed by atoms with Gasteiger partial charge in [0.15, 0.2) is 0 Å². The van der Waals surface area contributed by atoms with Crippen molar-refractivity contribution < 1.29 is 137 Å². The Morgan fingerprint density at radius 1 is 0.234 bits per heavy atom. The number of carboxylic acid groups (broad SMARTS) is 4. The predicted molar refractivity (Wildman–Crippen MR) is 264 cm³/mol. The number of hydrogen-bond donors (Lipinski definition) is 0. The summed E-state index contributed by atoms with van der Waals surface area (Å²) in [5.74, 6) is -16.7. The van der Waals surface area contributed by atoms with Gasteiger partial charge < -0.3 is 96.4 Å². The van der Waals surface area contributed by atoms with Crippen LogP contribution in [0, 0.1) is 0 Å². The molecule has 448 valence electrons.